The number of aromatic nitrogens is 1. The number of H-pyrrole nitrogens is 1. The second-order valence-electron chi connectivity index (χ2n) is 7.21. The number of amides is 1. The summed E-state index contributed by atoms with van der Waals surface area (Å²) in [6, 6.07) is 14.2. The molecule has 1 aliphatic heterocycles. The zero-order chi connectivity index (χ0) is 19.5. The third-order valence-corrected chi connectivity index (χ3v) is 5.96. The van der Waals surface area contributed by atoms with Crippen molar-refractivity contribution in [3.05, 3.63) is 70.4 Å². The first-order chi connectivity index (χ1) is 13.7. The van der Waals surface area contributed by atoms with Gasteiger partial charge in [0.2, 0.25) is 5.91 Å². The van der Waals surface area contributed by atoms with Crippen LogP contribution < -0.4 is 0 Å². The van der Waals surface area contributed by atoms with E-state index in [0.29, 0.717) is 37.7 Å². The lowest BCUT2D eigenvalue weighted by molar-refractivity contribution is -0.135. The van der Waals surface area contributed by atoms with Crippen LogP contribution in [0.1, 0.15) is 36.0 Å². The molecule has 1 N–H and O–H groups in total. The molecular weight excluding hydrogens is 372 g/mol. The maximum Gasteiger partial charge on any atom is 0.223 e. The van der Waals surface area contributed by atoms with Crippen LogP contribution in [0.4, 0.5) is 0 Å². The van der Waals surface area contributed by atoms with Crippen molar-refractivity contribution in [2.45, 2.75) is 25.7 Å². The van der Waals surface area contributed by atoms with E-state index in [1.54, 1.807) is 0 Å². The summed E-state index contributed by atoms with van der Waals surface area (Å²) in [6.07, 6.45) is 3.40. The molecule has 1 aliphatic rings. The highest BCUT2D eigenvalue weighted by atomic mass is 35.5. The molecule has 1 amide bonds. The standard InChI is InChI=1S/C23H25ClN2O2/c1-2-16-6-5-8-18-20(15-25-23(16)18)19(17-7-3-4-9-21(17)24)14-22(27)26-10-12-28-13-11-26/h3-9,15,19,25H,2,10-14H2,1H3/t19-/m0/s1. The SMILES string of the molecule is CCc1cccc2c([C@@H](CC(=O)N3CCOCC3)c3ccccc3Cl)c[nH]c12. The Labute approximate surface area is 170 Å². The van der Waals surface area contributed by atoms with Crippen molar-refractivity contribution in [2.24, 2.45) is 0 Å². The molecule has 1 saturated heterocycles. The van der Waals surface area contributed by atoms with Gasteiger partial charge in [-0.15, -0.1) is 0 Å². The molecule has 0 unspecified atom stereocenters. The van der Waals surface area contributed by atoms with Crippen LogP contribution in [0.3, 0.4) is 0 Å². The number of rotatable bonds is 5. The van der Waals surface area contributed by atoms with Gasteiger partial charge in [-0.3, -0.25) is 4.79 Å². The summed E-state index contributed by atoms with van der Waals surface area (Å²) in [4.78, 5) is 18.4. The van der Waals surface area contributed by atoms with Crippen LogP contribution in [0.15, 0.2) is 48.7 Å². The largest absolute Gasteiger partial charge is 0.378 e. The zero-order valence-corrected chi connectivity index (χ0v) is 16.8. The highest BCUT2D eigenvalue weighted by Crippen LogP contribution is 2.37. The minimum atomic E-state index is -0.0927. The van der Waals surface area contributed by atoms with Gasteiger partial charge < -0.3 is 14.6 Å². The van der Waals surface area contributed by atoms with E-state index in [-0.39, 0.29) is 11.8 Å². The highest BCUT2D eigenvalue weighted by Gasteiger charge is 2.26. The topological polar surface area (TPSA) is 45.3 Å². The first-order valence-electron chi connectivity index (χ1n) is 9.88. The van der Waals surface area contributed by atoms with Crippen LogP contribution >= 0.6 is 11.6 Å². The van der Waals surface area contributed by atoms with Gasteiger partial charge in [0.05, 0.1) is 13.2 Å². The molecule has 2 aromatic carbocycles. The maximum atomic E-state index is 13.1. The lowest BCUT2D eigenvalue weighted by Gasteiger charge is -2.29. The van der Waals surface area contributed by atoms with Crippen LogP contribution in [-0.4, -0.2) is 42.1 Å². The van der Waals surface area contributed by atoms with E-state index in [4.69, 9.17) is 16.3 Å². The second kappa shape index (κ2) is 8.38. The lowest BCUT2D eigenvalue weighted by Crippen LogP contribution is -2.41. The predicted molar refractivity (Wildman–Crippen MR) is 113 cm³/mol. The van der Waals surface area contributed by atoms with Crippen molar-refractivity contribution in [3.8, 4) is 0 Å². The number of hydrogen-bond acceptors (Lipinski definition) is 2. The Hall–Kier alpha value is -2.30. The molecule has 1 fully saturated rings. The summed E-state index contributed by atoms with van der Waals surface area (Å²) in [5, 5.41) is 1.86. The van der Waals surface area contributed by atoms with E-state index in [0.717, 1.165) is 23.1 Å². The molecule has 1 aromatic heterocycles. The maximum absolute atomic E-state index is 13.1. The molecule has 5 heteroatoms. The average molecular weight is 397 g/mol. The molecule has 1 atom stereocenters. The van der Waals surface area contributed by atoms with Gasteiger partial charge >= 0.3 is 0 Å². The summed E-state index contributed by atoms with van der Waals surface area (Å²) in [6.45, 7) is 4.68. The number of fused-ring (bicyclic) bond motifs is 1. The number of morpholine rings is 1. The van der Waals surface area contributed by atoms with Crippen molar-refractivity contribution in [1.82, 2.24) is 9.88 Å². The number of nitrogens with one attached hydrogen (secondary N) is 1. The van der Waals surface area contributed by atoms with Gasteiger partial charge in [0.1, 0.15) is 0 Å². The number of aryl methyl sites for hydroxylation is 1. The van der Waals surface area contributed by atoms with Crippen molar-refractivity contribution in [1.29, 1.82) is 0 Å². The van der Waals surface area contributed by atoms with E-state index in [1.165, 1.54) is 10.9 Å². The fraction of sp³-hybridized carbons (Fsp3) is 0.348. The van der Waals surface area contributed by atoms with Crippen molar-refractivity contribution in [2.75, 3.05) is 26.3 Å². The summed E-state index contributed by atoms with van der Waals surface area (Å²) in [5.41, 5.74) is 4.55. The Bertz CT molecular complexity index is 976. The van der Waals surface area contributed by atoms with Gasteiger partial charge in [-0.1, -0.05) is 54.9 Å². The smallest absolute Gasteiger partial charge is 0.223 e. The monoisotopic (exact) mass is 396 g/mol. The molecule has 0 saturated carbocycles. The Morgan fingerprint density at radius 3 is 2.68 bits per heavy atom. The molecule has 0 aliphatic carbocycles. The Morgan fingerprint density at radius 1 is 1.14 bits per heavy atom. The van der Waals surface area contributed by atoms with E-state index in [2.05, 4.69) is 30.1 Å². The first-order valence-corrected chi connectivity index (χ1v) is 10.3. The number of aromatic amines is 1. The minimum Gasteiger partial charge on any atom is -0.378 e. The van der Waals surface area contributed by atoms with Crippen LogP contribution in [-0.2, 0) is 16.0 Å². The number of ether oxygens (including phenoxy) is 1. The fourth-order valence-electron chi connectivity index (χ4n) is 4.08. The summed E-state index contributed by atoms with van der Waals surface area (Å²) >= 11 is 6.56. The summed E-state index contributed by atoms with van der Waals surface area (Å²) in [7, 11) is 0. The molecule has 0 bridgehead atoms. The molecule has 4 nitrogen and oxygen atoms in total. The predicted octanol–water partition coefficient (Wildman–Crippen LogP) is 4.76. The molecule has 0 radical (unpaired) electrons. The van der Waals surface area contributed by atoms with Gasteiger partial charge in [-0.25, -0.2) is 0 Å². The Morgan fingerprint density at radius 2 is 1.93 bits per heavy atom. The molecule has 146 valence electrons. The average Bonchev–Trinajstić information content (AvgIpc) is 3.17. The highest BCUT2D eigenvalue weighted by molar-refractivity contribution is 6.31. The minimum absolute atomic E-state index is 0.0927. The molecule has 3 aromatic rings. The number of carbonyl (C=O) groups excluding carboxylic acids is 1. The second-order valence-corrected chi connectivity index (χ2v) is 7.62. The normalized spacial score (nSPS) is 15.7. The van der Waals surface area contributed by atoms with Crippen LogP contribution in [0, 0.1) is 0 Å². The first kappa shape index (κ1) is 19.0. The van der Waals surface area contributed by atoms with E-state index in [9.17, 15) is 4.79 Å². The van der Waals surface area contributed by atoms with E-state index in [1.807, 2.05) is 35.4 Å². The zero-order valence-electron chi connectivity index (χ0n) is 16.1. The van der Waals surface area contributed by atoms with Gasteiger partial charge in [-0.05, 0) is 29.2 Å². The van der Waals surface area contributed by atoms with Crippen molar-refractivity contribution >= 4 is 28.4 Å². The number of carbonyl (C=O) groups is 1. The number of benzene rings is 2. The molecule has 2 heterocycles. The van der Waals surface area contributed by atoms with Crippen LogP contribution in [0.5, 0.6) is 0 Å². The quantitative estimate of drug-likeness (QED) is 0.675. The number of nitrogens with zero attached hydrogens (tertiary/aromatic N) is 1. The number of hydrogen-bond donors (Lipinski definition) is 1. The Balaban J connectivity index is 1.75. The van der Waals surface area contributed by atoms with Crippen molar-refractivity contribution in [3.63, 3.8) is 0 Å². The molecular formula is C23H25ClN2O2. The van der Waals surface area contributed by atoms with Crippen LogP contribution in [0.25, 0.3) is 10.9 Å². The number of halogens is 1. The third kappa shape index (κ3) is 3.67. The van der Waals surface area contributed by atoms with Crippen LogP contribution in [0.2, 0.25) is 5.02 Å². The van der Waals surface area contributed by atoms with Gasteiger partial charge in [0.15, 0.2) is 0 Å². The number of para-hydroxylation sites is 1. The van der Waals surface area contributed by atoms with E-state index >= 15 is 0 Å². The summed E-state index contributed by atoms with van der Waals surface area (Å²) < 4.78 is 5.39. The van der Waals surface area contributed by atoms with Crippen molar-refractivity contribution < 1.29 is 9.53 Å². The fourth-order valence-corrected chi connectivity index (χ4v) is 4.35. The summed E-state index contributed by atoms with van der Waals surface area (Å²) in [5.74, 6) is 0.0547. The molecule has 4 rings (SSSR count). The van der Waals surface area contributed by atoms with Gasteiger partial charge in [-0.2, -0.15) is 0 Å². The molecule has 0 spiro atoms. The Kier molecular flexibility index (Phi) is 5.69. The molecule has 28 heavy (non-hydrogen) atoms. The third-order valence-electron chi connectivity index (χ3n) is 5.61. The van der Waals surface area contributed by atoms with E-state index < -0.39 is 0 Å². The van der Waals surface area contributed by atoms with Gasteiger partial charge in [0, 0.05) is 47.6 Å². The van der Waals surface area contributed by atoms with Gasteiger partial charge in [0.25, 0.3) is 0 Å². The lowest BCUT2D eigenvalue weighted by atomic mass is 9.87.